The molecular weight excluding hydrogens is 394 g/mol. The van der Waals surface area contributed by atoms with E-state index in [0.29, 0.717) is 22.1 Å². The van der Waals surface area contributed by atoms with E-state index >= 15 is 0 Å². The predicted octanol–water partition coefficient (Wildman–Crippen LogP) is 4.71. The lowest BCUT2D eigenvalue weighted by atomic mass is 10.2. The molecule has 6 nitrogen and oxygen atoms in total. The molecule has 28 heavy (non-hydrogen) atoms. The molecule has 2 N–H and O–H groups in total. The maximum absolute atomic E-state index is 12.6. The van der Waals surface area contributed by atoms with Crippen molar-refractivity contribution in [1.82, 2.24) is 0 Å². The lowest BCUT2D eigenvalue weighted by Crippen LogP contribution is -2.32. The number of rotatable bonds is 8. The van der Waals surface area contributed by atoms with Crippen LogP contribution in [0.25, 0.3) is 0 Å². The van der Waals surface area contributed by atoms with Gasteiger partial charge in [-0.3, -0.25) is 4.79 Å². The topological polar surface area (TPSA) is 68.8 Å². The highest BCUT2D eigenvalue weighted by Crippen LogP contribution is 2.33. The molecule has 0 heterocycles. The molecule has 0 aliphatic heterocycles. The van der Waals surface area contributed by atoms with E-state index in [0.717, 1.165) is 5.56 Å². The summed E-state index contributed by atoms with van der Waals surface area (Å²) in [5.74, 6) is 0.0924. The summed E-state index contributed by atoms with van der Waals surface area (Å²) in [6.07, 6.45) is 0. The second-order valence-corrected chi connectivity index (χ2v) is 6.31. The van der Waals surface area contributed by atoms with Crippen molar-refractivity contribution in [2.45, 2.75) is 26.5 Å². The van der Waals surface area contributed by atoms with Crippen molar-refractivity contribution < 1.29 is 27.8 Å². The van der Waals surface area contributed by atoms with Crippen LogP contribution in [0.5, 0.6) is 17.2 Å². The normalized spacial score (nSPS) is 11.7. The van der Waals surface area contributed by atoms with Crippen LogP contribution < -0.4 is 24.8 Å². The number of nitrogens with one attached hydrogen (secondary N) is 2. The quantitative estimate of drug-likeness (QED) is 0.655. The van der Waals surface area contributed by atoms with Crippen LogP contribution in [-0.2, 0) is 4.79 Å². The van der Waals surface area contributed by atoms with Gasteiger partial charge in [0.2, 0.25) is 5.91 Å². The molecule has 0 bridgehead atoms. The lowest BCUT2D eigenvalue weighted by molar-refractivity contribution is -0.116. The number of carbonyl (C=O) groups excluding carboxylic acids is 1. The van der Waals surface area contributed by atoms with Crippen molar-refractivity contribution in [2.75, 3.05) is 24.9 Å². The Hall–Kier alpha value is -2.74. The summed E-state index contributed by atoms with van der Waals surface area (Å²) in [4.78, 5) is 12.5. The number of benzene rings is 2. The van der Waals surface area contributed by atoms with Crippen LogP contribution in [-0.4, -0.2) is 32.8 Å². The smallest absolute Gasteiger partial charge is 0.387 e. The van der Waals surface area contributed by atoms with E-state index in [4.69, 9.17) is 21.1 Å². The van der Waals surface area contributed by atoms with Gasteiger partial charge in [0.25, 0.3) is 0 Å². The number of aryl methyl sites for hydroxylation is 1. The highest BCUT2D eigenvalue weighted by Gasteiger charge is 2.18. The van der Waals surface area contributed by atoms with Crippen molar-refractivity contribution in [3.63, 3.8) is 0 Å². The molecule has 0 radical (unpaired) electrons. The molecule has 1 atom stereocenters. The van der Waals surface area contributed by atoms with Crippen molar-refractivity contribution in [2.24, 2.45) is 0 Å². The zero-order chi connectivity index (χ0) is 20.8. The Morgan fingerprint density at radius 1 is 1.07 bits per heavy atom. The number of anilines is 2. The molecule has 2 aromatic rings. The number of ether oxygens (including phenoxy) is 3. The molecule has 0 saturated carbocycles. The van der Waals surface area contributed by atoms with Gasteiger partial charge in [-0.15, -0.1) is 0 Å². The summed E-state index contributed by atoms with van der Waals surface area (Å²) < 4.78 is 39.8. The molecule has 0 fully saturated rings. The van der Waals surface area contributed by atoms with Crippen LogP contribution in [0.3, 0.4) is 0 Å². The number of carbonyl (C=O) groups is 1. The number of methoxy groups -OCH3 is 2. The first-order chi connectivity index (χ1) is 13.2. The molecule has 0 spiro atoms. The summed E-state index contributed by atoms with van der Waals surface area (Å²) in [5.41, 5.74) is 1.67. The van der Waals surface area contributed by atoms with Crippen LogP contribution in [0.15, 0.2) is 30.3 Å². The maximum atomic E-state index is 12.6. The summed E-state index contributed by atoms with van der Waals surface area (Å²) in [6, 6.07) is 7.02. The Kier molecular flexibility index (Phi) is 7.28. The van der Waals surface area contributed by atoms with Gasteiger partial charge in [-0.2, -0.15) is 8.78 Å². The minimum atomic E-state index is -2.99. The largest absolute Gasteiger partial charge is 0.495 e. The predicted molar refractivity (Wildman–Crippen MR) is 104 cm³/mol. The highest BCUT2D eigenvalue weighted by molar-refractivity contribution is 6.31. The first-order valence-electron chi connectivity index (χ1n) is 8.29. The zero-order valence-electron chi connectivity index (χ0n) is 15.8. The van der Waals surface area contributed by atoms with Crippen molar-refractivity contribution >= 4 is 28.9 Å². The van der Waals surface area contributed by atoms with Crippen LogP contribution >= 0.6 is 11.6 Å². The van der Waals surface area contributed by atoms with E-state index in [2.05, 4.69) is 15.4 Å². The van der Waals surface area contributed by atoms with Gasteiger partial charge in [0.05, 0.1) is 19.9 Å². The minimum Gasteiger partial charge on any atom is -0.495 e. The average molecular weight is 415 g/mol. The molecule has 9 heteroatoms. The molecule has 1 amide bonds. The Morgan fingerprint density at radius 3 is 2.36 bits per heavy atom. The van der Waals surface area contributed by atoms with Gasteiger partial charge in [0, 0.05) is 22.8 Å². The Labute approximate surface area is 166 Å². The molecule has 2 rings (SSSR count). The number of amides is 1. The fourth-order valence-corrected chi connectivity index (χ4v) is 2.59. The van der Waals surface area contributed by atoms with Crippen LogP contribution in [0, 0.1) is 6.92 Å². The molecule has 0 saturated heterocycles. The number of halogens is 3. The summed E-state index contributed by atoms with van der Waals surface area (Å²) >= 11 is 6.07. The van der Waals surface area contributed by atoms with Gasteiger partial charge in [0.1, 0.15) is 11.8 Å². The summed E-state index contributed by atoms with van der Waals surface area (Å²) in [5, 5.41) is 6.21. The minimum absolute atomic E-state index is 0.134. The third-order valence-electron chi connectivity index (χ3n) is 3.89. The highest BCUT2D eigenvalue weighted by atomic mass is 35.5. The molecule has 152 valence electrons. The van der Waals surface area contributed by atoms with Crippen LogP contribution in [0.1, 0.15) is 12.5 Å². The molecule has 0 aromatic heterocycles. The first-order valence-corrected chi connectivity index (χ1v) is 8.67. The van der Waals surface area contributed by atoms with Gasteiger partial charge in [0.15, 0.2) is 11.5 Å². The second kappa shape index (κ2) is 9.45. The fraction of sp³-hybridized carbons (Fsp3) is 0.316. The van der Waals surface area contributed by atoms with E-state index in [1.54, 1.807) is 32.0 Å². The number of hydrogen-bond donors (Lipinski definition) is 2. The number of hydrogen-bond acceptors (Lipinski definition) is 5. The van der Waals surface area contributed by atoms with Gasteiger partial charge in [-0.05, 0) is 37.6 Å². The van der Waals surface area contributed by atoms with E-state index in [-0.39, 0.29) is 17.4 Å². The monoisotopic (exact) mass is 414 g/mol. The standard InChI is InChI=1S/C19H21ClF2N2O4/c1-10-7-14(16(27-4)9-13(10)20)24-18(25)11(2)23-12-5-6-15(26-3)17(8-12)28-19(21)22/h5-9,11,19,23H,1-4H3,(H,24,25). The van der Waals surface area contributed by atoms with E-state index in [1.807, 2.05) is 0 Å². The third-order valence-corrected chi connectivity index (χ3v) is 4.30. The SMILES string of the molecule is COc1cc(Cl)c(C)cc1NC(=O)C(C)Nc1ccc(OC)c(OC(F)F)c1. The maximum Gasteiger partial charge on any atom is 0.387 e. The number of alkyl halides is 2. The average Bonchev–Trinajstić information content (AvgIpc) is 2.64. The van der Waals surface area contributed by atoms with Crippen molar-refractivity contribution in [3.8, 4) is 17.2 Å². The van der Waals surface area contributed by atoms with E-state index in [1.165, 1.54) is 26.4 Å². The third kappa shape index (κ3) is 5.39. The molecule has 0 aliphatic carbocycles. The van der Waals surface area contributed by atoms with E-state index < -0.39 is 12.7 Å². The van der Waals surface area contributed by atoms with E-state index in [9.17, 15) is 13.6 Å². The molecular formula is C19H21ClF2N2O4. The molecule has 0 aliphatic rings. The lowest BCUT2D eigenvalue weighted by Gasteiger charge is -2.18. The van der Waals surface area contributed by atoms with Gasteiger partial charge in [-0.25, -0.2) is 0 Å². The molecule has 2 aromatic carbocycles. The summed E-state index contributed by atoms with van der Waals surface area (Å²) in [7, 11) is 2.82. The van der Waals surface area contributed by atoms with Crippen LogP contribution in [0.4, 0.5) is 20.2 Å². The summed E-state index contributed by atoms with van der Waals surface area (Å²) in [6.45, 7) is 0.439. The fourth-order valence-electron chi connectivity index (χ4n) is 2.44. The van der Waals surface area contributed by atoms with Gasteiger partial charge in [-0.1, -0.05) is 11.6 Å². The second-order valence-electron chi connectivity index (χ2n) is 5.90. The van der Waals surface area contributed by atoms with Gasteiger partial charge < -0.3 is 24.8 Å². The first kappa shape index (κ1) is 21.6. The Bertz CT molecular complexity index is 849. The zero-order valence-corrected chi connectivity index (χ0v) is 16.6. The van der Waals surface area contributed by atoms with Crippen LogP contribution in [0.2, 0.25) is 5.02 Å². The van der Waals surface area contributed by atoms with Crippen molar-refractivity contribution in [3.05, 3.63) is 40.9 Å². The Morgan fingerprint density at radius 2 is 1.75 bits per heavy atom. The Balaban J connectivity index is 2.13. The molecule has 1 unspecified atom stereocenters. The van der Waals surface area contributed by atoms with Crippen molar-refractivity contribution in [1.29, 1.82) is 0 Å². The van der Waals surface area contributed by atoms with Gasteiger partial charge >= 0.3 is 6.61 Å².